The number of hydrogen-bond donors (Lipinski definition) is 0. The average Bonchev–Trinajstić information content (AvgIpc) is 3.38. The van der Waals surface area contributed by atoms with Gasteiger partial charge in [0.15, 0.2) is 5.82 Å². The standard InChI is InChI=1S/C24H16Cl2N4S/c25-19-13-11-16(15-20(19)26)12-14-21-29-30-23(27-28-24(30)31-21)22(17-7-3-1-4-8-17)18-9-5-2-6-10-18/h1-15,22H/b14-12+. The molecule has 7 heteroatoms. The molecule has 0 aliphatic heterocycles. The lowest BCUT2D eigenvalue weighted by Crippen LogP contribution is -2.08. The topological polar surface area (TPSA) is 43.1 Å². The number of benzene rings is 3. The molecule has 31 heavy (non-hydrogen) atoms. The number of rotatable bonds is 5. The molecule has 5 rings (SSSR count). The molecule has 4 nitrogen and oxygen atoms in total. The number of hydrogen-bond acceptors (Lipinski definition) is 4. The van der Waals surface area contributed by atoms with Gasteiger partial charge in [-0.2, -0.15) is 9.61 Å². The first-order chi connectivity index (χ1) is 15.2. The Morgan fingerprint density at radius 3 is 2.10 bits per heavy atom. The van der Waals surface area contributed by atoms with E-state index in [2.05, 4.69) is 34.5 Å². The third kappa shape index (κ3) is 4.12. The van der Waals surface area contributed by atoms with Crippen LogP contribution in [0.1, 0.15) is 33.4 Å². The molecule has 0 radical (unpaired) electrons. The van der Waals surface area contributed by atoms with Crippen molar-refractivity contribution in [1.82, 2.24) is 19.8 Å². The van der Waals surface area contributed by atoms with E-state index in [0.717, 1.165) is 32.5 Å². The van der Waals surface area contributed by atoms with Crippen molar-refractivity contribution in [2.75, 3.05) is 0 Å². The Hall–Kier alpha value is -2.99. The van der Waals surface area contributed by atoms with E-state index in [0.29, 0.717) is 10.0 Å². The molecule has 2 heterocycles. The van der Waals surface area contributed by atoms with Crippen molar-refractivity contribution in [3.05, 3.63) is 116 Å². The third-order valence-electron chi connectivity index (χ3n) is 4.92. The molecule has 0 aliphatic rings. The van der Waals surface area contributed by atoms with E-state index in [9.17, 15) is 0 Å². The highest BCUT2D eigenvalue weighted by molar-refractivity contribution is 7.17. The number of halogens is 2. The largest absolute Gasteiger partial charge is 0.234 e. The van der Waals surface area contributed by atoms with Crippen LogP contribution >= 0.6 is 34.5 Å². The number of fused-ring (bicyclic) bond motifs is 1. The van der Waals surface area contributed by atoms with Gasteiger partial charge in [-0.05, 0) is 34.9 Å². The minimum atomic E-state index is -0.0635. The molecule has 0 aliphatic carbocycles. The SMILES string of the molecule is Clc1ccc(/C=C/c2nn3c(C(c4ccccc4)c4ccccc4)nnc3s2)cc1Cl. The van der Waals surface area contributed by atoms with Crippen LogP contribution in [0.25, 0.3) is 17.1 Å². The molecule has 0 atom stereocenters. The first kappa shape index (κ1) is 19.9. The van der Waals surface area contributed by atoms with Gasteiger partial charge in [-0.15, -0.1) is 10.2 Å². The first-order valence-electron chi connectivity index (χ1n) is 9.64. The van der Waals surface area contributed by atoms with Crippen LogP contribution in [0.5, 0.6) is 0 Å². The van der Waals surface area contributed by atoms with Crippen LogP contribution < -0.4 is 0 Å². The zero-order valence-electron chi connectivity index (χ0n) is 16.2. The van der Waals surface area contributed by atoms with Crippen molar-refractivity contribution >= 4 is 51.7 Å². The summed E-state index contributed by atoms with van der Waals surface area (Å²) in [6.45, 7) is 0. The van der Waals surface area contributed by atoms with Gasteiger partial charge in [-0.3, -0.25) is 0 Å². The summed E-state index contributed by atoms with van der Waals surface area (Å²) in [7, 11) is 0. The maximum absolute atomic E-state index is 6.11. The minimum Gasteiger partial charge on any atom is -0.186 e. The molecular formula is C24H16Cl2N4S. The van der Waals surface area contributed by atoms with E-state index >= 15 is 0 Å². The predicted octanol–water partition coefficient (Wildman–Crippen LogP) is 6.84. The van der Waals surface area contributed by atoms with Gasteiger partial charge in [0.25, 0.3) is 0 Å². The van der Waals surface area contributed by atoms with Crippen LogP contribution in [0.15, 0.2) is 78.9 Å². The van der Waals surface area contributed by atoms with Crippen molar-refractivity contribution < 1.29 is 0 Å². The van der Waals surface area contributed by atoms with Gasteiger partial charge in [-0.25, -0.2) is 0 Å². The minimum absolute atomic E-state index is 0.0635. The maximum atomic E-state index is 6.11. The van der Waals surface area contributed by atoms with E-state index in [4.69, 9.17) is 28.3 Å². The van der Waals surface area contributed by atoms with E-state index in [1.54, 1.807) is 6.07 Å². The van der Waals surface area contributed by atoms with Gasteiger partial charge >= 0.3 is 0 Å². The highest BCUT2D eigenvalue weighted by atomic mass is 35.5. The normalized spacial score (nSPS) is 11.7. The molecule has 152 valence electrons. The summed E-state index contributed by atoms with van der Waals surface area (Å²) in [6, 6.07) is 26.1. The number of aromatic nitrogens is 4. The van der Waals surface area contributed by atoms with Gasteiger partial charge in [0.05, 0.1) is 16.0 Å². The lowest BCUT2D eigenvalue weighted by Gasteiger charge is -2.15. The molecule has 5 aromatic rings. The lowest BCUT2D eigenvalue weighted by molar-refractivity contribution is 0.782. The Balaban J connectivity index is 1.54. The fraction of sp³-hybridized carbons (Fsp3) is 0.0417. The lowest BCUT2D eigenvalue weighted by atomic mass is 9.91. The second-order valence-electron chi connectivity index (χ2n) is 6.95. The smallest absolute Gasteiger partial charge is 0.186 e. The van der Waals surface area contributed by atoms with Crippen LogP contribution in [0.2, 0.25) is 10.0 Å². The summed E-state index contributed by atoms with van der Waals surface area (Å²) in [4.78, 5) is 0.751. The molecule has 0 N–H and O–H groups in total. The predicted molar refractivity (Wildman–Crippen MR) is 128 cm³/mol. The molecule has 3 aromatic carbocycles. The Morgan fingerprint density at radius 2 is 1.45 bits per heavy atom. The summed E-state index contributed by atoms with van der Waals surface area (Å²) >= 11 is 13.6. The van der Waals surface area contributed by atoms with Crippen molar-refractivity contribution in [2.45, 2.75) is 5.92 Å². The summed E-state index contributed by atoms with van der Waals surface area (Å²) in [5.74, 6) is 0.726. The quantitative estimate of drug-likeness (QED) is 0.287. The second-order valence-corrected chi connectivity index (χ2v) is 8.76. The Morgan fingerprint density at radius 1 is 0.774 bits per heavy atom. The van der Waals surface area contributed by atoms with Crippen molar-refractivity contribution in [3.8, 4) is 0 Å². The van der Waals surface area contributed by atoms with E-state index in [1.165, 1.54) is 11.3 Å². The van der Waals surface area contributed by atoms with Gasteiger partial charge in [-0.1, -0.05) is 107 Å². The van der Waals surface area contributed by atoms with Crippen LogP contribution in [-0.2, 0) is 0 Å². The summed E-state index contributed by atoms with van der Waals surface area (Å²) in [6.07, 6.45) is 3.90. The van der Waals surface area contributed by atoms with Crippen LogP contribution in [-0.4, -0.2) is 19.8 Å². The Labute approximate surface area is 193 Å². The summed E-state index contributed by atoms with van der Waals surface area (Å²) < 4.78 is 1.84. The van der Waals surface area contributed by atoms with Gasteiger partial charge in [0, 0.05) is 0 Å². The third-order valence-corrected chi connectivity index (χ3v) is 6.52. The average molecular weight is 463 g/mol. The summed E-state index contributed by atoms with van der Waals surface area (Å²) in [5.41, 5.74) is 3.24. The van der Waals surface area contributed by atoms with E-state index in [-0.39, 0.29) is 5.92 Å². The zero-order chi connectivity index (χ0) is 21.2. The van der Waals surface area contributed by atoms with Crippen LogP contribution in [0.4, 0.5) is 0 Å². The van der Waals surface area contributed by atoms with Gasteiger partial charge < -0.3 is 0 Å². The zero-order valence-corrected chi connectivity index (χ0v) is 18.5. The van der Waals surface area contributed by atoms with Gasteiger partial charge in [0.2, 0.25) is 4.96 Å². The highest BCUT2D eigenvalue weighted by Gasteiger charge is 2.24. The second kappa shape index (κ2) is 8.63. The van der Waals surface area contributed by atoms with Crippen molar-refractivity contribution in [3.63, 3.8) is 0 Å². The fourth-order valence-electron chi connectivity index (χ4n) is 3.46. The van der Waals surface area contributed by atoms with Crippen molar-refractivity contribution in [2.24, 2.45) is 0 Å². The molecule has 0 bridgehead atoms. The van der Waals surface area contributed by atoms with E-state index < -0.39 is 0 Å². The van der Waals surface area contributed by atoms with Crippen LogP contribution in [0, 0.1) is 0 Å². The Kier molecular flexibility index (Phi) is 5.55. The molecular weight excluding hydrogens is 447 g/mol. The Bertz CT molecular complexity index is 1320. The van der Waals surface area contributed by atoms with Gasteiger partial charge in [0.1, 0.15) is 5.01 Å². The molecule has 0 fully saturated rings. The van der Waals surface area contributed by atoms with E-state index in [1.807, 2.05) is 65.2 Å². The summed E-state index contributed by atoms with van der Waals surface area (Å²) in [5, 5.41) is 15.5. The molecule has 0 saturated carbocycles. The number of nitrogens with zero attached hydrogens (tertiary/aromatic N) is 4. The molecule has 2 aromatic heterocycles. The van der Waals surface area contributed by atoms with Crippen molar-refractivity contribution in [1.29, 1.82) is 0 Å². The molecule has 0 unspecified atom stereocenters. The maximum Gasteiger partial charge on any atom is 0.234 e. The fourth-order valence-corrected chi connectivity index (χ4v) is 4.51. The molecule has 0 amide bonds. The molecule has 0 saturated heterocycles. The molecule has 0 spiro atoms. The first-order valence-corrected chi connectivity index (χ1v) is 11.2. The van der Waals surface area contributed by atoms with Crippen LogP contribution in [0.3, 0.4) is 0 Å². The highest BCUT2D eigenvalue weighted by Crippen LogP contribution is 2.32. The monoisotopic (exact) mass is 462 g/mol.